The van der Waals surface area contributed by atoms with E-state index in [-0.39, 0.29) is 5.69 Å². The molecule has 6 nitrogen and oxygen atoms in total. The highest BCUT2D eigenvalue weighted by Crippen LogP contribution is 2.27. The fraction of sp³-hybridized carbons (Fsp3) is 0.0909. The summed E-state index contributed by atoms with van der Waals surface area (Å²) in [6.07, 6.45) is 0. The number of ether oxygens (including phenoxy) is 1. The van der Waals surface area contributed by atoms with E-state index in [2.05, 4.69) is 25.9 Å². The number of carbonyl (C=O) groups is 1. The van der Waals surface area contributed by atoms with Crippen LogP contribution in [0.25, 0.3) is 16.8 Å². The maximum Gasteiger partial charge on any atom is 0.357 e. The van der Waals surface area contributed by atoms with E-state index in [9.17, 15) is 4.79 Å². The number of benzene rings is 1. The van der Waals surface area contributed by atoms with Crippen molar-refractivity contribution in [2.75, 3.05) is 7.11 Å². The number of carboxylic acids is 1. The maximum atomic E-state index is 11.0. The van der Waals surface area contributed by atoms with Crippen LogP contribution in [0.3, 0.4) is 0 Å². The second-order valence-electron chi connectivity index (χ2n) is 3.72. The molecule has 7 heteroatoms. The van der Waals surface area contributed by atoms with Gasteiger partial charge in [-0.25, -0.2) is 9.78 Å². The highest BCUT2D eigenvalue weighted by atomic mass is 79.9. The Morgan fingerprint density at radius 3 is 3.00 bits per heavy atom. The van der Waals surface area contributed by atoms with Crippen LogP contribution in [-0.2, 0) is 0 Å². The molecule has 2 aromatic heterocycles. The van der Waals surface area contributed by atoms with Crippen molar-refractivity contribution in [3.05, 3.63) is 28.5 Å². The number of halogens is 1. The molecule has 0 bridgehead atoms. The van der Waals surface area contributed by atoms with Gasteiger partial charge in [0.15, 0.2) is 5.69 Å². The number of H-pyrrole nitrogens is 1. The number of carboxylic acid groups (broad SMARTS) is 1. The van der Waals surface area contributed by atoms with Gasteiger partial charge in [-0.1, -0.05) is 0 Å². The number of methoxy groups -OCH3 is 1. The second kappa shape index (κ2) is 3.74. The van der Waals surface area contributed by atoms with Crippen LogP contribution in [0.2, 0.25) is 0 Å². The van der Waals surface area contributed by atoms with Gasteiger partial charge in [-0.2, -0.15) is 0 Å². The zero-order chi connectivity index (χ0) is 12.9. The summed E-state index contributed by atoms with van der Waals surface area (Å²) in [5.74, 6) is 0.0958. The summed E-state index contributed by atoms with van der Waals surface area (Å²) in [7, 11) is 1.58. The number of hydrogen-bond donors (Lipinski definition) is 2. The van der Waals surface area contributed by atoms with Crippen molar-refractivity contribution in [1.29, 1.82) is 0 Å². The van der Waals surface area contributed by atoms with Crippen molar-refractivity contribution in [3.63, 3.8) is 0 Å². The van der Waals surface area contributed by atoms with Crippen molar-refractivity contribution >= 4 is 38.7 Å². The van der Waals surface area contributed by atoms with Gasteiger partial charge in [-0.05, 0) is 28.1 Å². The Balaban J connectivity index is 2.41. The van der Waals surface area contributed by atoms with Crippen molar-refractivity contribution in [1.82, 2.24) is 14.4 Å². The van der Waals surface area contributed by atoms with Gasteiger partial charge >= 0.3 is 5.97 Å². The fourth-order valence-electron chi connectivity index (χ4n) is 1.89. The SMILES string of the molecule is COc1ccc2[nH]c3nc(C(=O)O)c(Br)n3c2c1. The zero-order valence-corrected chi connectivity index (χ0v) is 10.9. The molecule has 92 valence electrons. The van der Waals surface area contributed by atoms with Gasteiger partial charge in [-0.15, -0.1) is 0 Å². The zero-order valence-electron chi connectivity index (χ0n) is 9.27. The van der Waals surface area contributed by atoms with E-state index < -0.39 is 5.97 Å². The molecule has 0 spiro atoms. The van der Waals surface area contributed by atoms with Crippen molar-refractivity contribution in [3.8, 4) is 5.75 Å². The van der Waals surface area contributed by atoms with Gasteiger partial charge in [-0.3, -0.25) is 4.40 Å². The monoisotopic (exact) mass is 309 g/mol. The molecule has 3 rings (SSSR count). The van der Waals surface area contributed by atoms with Crippen LogP contribution in [0.15, 0.2) is 22.8 Å². The Kier molecular flexibility index (Phi) is 2.30. The molecule has 18 heavy (non-hydrogen) atoms. The number of aromatic carboxylic acids is 1. The molecule has 0 saturated heterocycles. The van der Waals surface area contributed by atoms with Crippen molar-refractivity contribution < 1.29 is 14.6 Å². The van der Waals surface area contributed by atoms with Crippen LogP contribution < -0.4 is 4.74 Å². The van der Waals surface area contributed by atoms with Crippen molar-refractivity contribution in [2.24, 2.45) is 0 Å². The van der Waals surface area contributed by atoms with Gasteiger partial charge in [0.25, 0.3) is 0 Å². The summed E-state index contributed by atoms with van der Waals surface area (Å²) >= 11 is 3.26. The molecule has 2 heterocycles. The van der Waals surface area contributed by atoms with E-state index in [1.54, 1.807) is 11.5 Å². The first kappa shape index (κ1) is 11.1. The van der Waals surface area contributed by atoms with E-state index in [1.165, 1.54) is 0 Å². The fourth-order valence-corrected chi connectivity index (χ4v) is 2.51. The quantitative estimate of drug-likeness (QED) is 0.761. The van der Waals surface area contributed by atoms with Crippen LogP contribution >= 0.6 is 15.9 Å². The smallest absolute Gasteiger partial charge is 0.357 e. The van der Waals surface area contributed by atoms with Gasteiger partial charge in [0.2, 0.25) is 5.78 Å². The number of hydrogen-bond acceptors (Lipinski definition) is 3. The van der Waals surface area contributed by atoms with Gasteiger partial charge in [0.05, 0.1) is 18.1 Å². The van der Waals surface area contributed by atoms with Crippen molar-refractivity contribution in [2.45, 2.75) is 0 Å². The lowest BCUT2D eigenvalue weighted by Gasteiger charge is -1.99. The minimum Gasteiger partial charge on any atom is -0.497 e. The van der Waals surface area contributed by atoms with Crippen LogP contribution in [0.1, 0.15) is 10.5 Å². The maximum absolute atomic E-state index is 11.0. The second-order valence-corrected chi connectivity index (χ2v) is 4.47. The van der Waals surface area contributed by atoms with E-state index in [1.807, 2.05) is 18.2 Å². The predicted octanol–water partition coefficient (Wildman–Crippen LogP) is 2.28. The lowest BCUT2D eigenvalue weighted by molar-refractivity contribution is 0.0690. The Labute approximate surface area is 109 Å². The molecule has 2 N–H and O–H groups in total. The van der Waals surface area contributed by atoms with E-state index in [4.69, 9.17) is 9.84 Å². The lowest BCUT2D eigenvalue weighted by atomic mass is 10.3. The molecule has 0 amide bonds. The van der Waals surface area contributed by atoms with Gasteiger partial charge in [0.1, 0.15) is 10.4 Å². The third kappa shape index (κ3) is 1.40. The Bertz CT molecular complexity index is 775. The summed E-state index contributed by atoms with van der Waals surface area (Å²) < 4.78 is 7.26. The number of nitrogens with one attached hydrogen (secondary N) is 1. The highest BCUT2D eigenvalue weighted by molar-refractivity contribution is 9.10. The number of rotatable bonds is 2. The lowest BCUT2D eigenvalue weighted by Crippen LogP contribution is -1.97. The Morgan fingerprint density at radius 1 is 1.56 bits per heavy atom. The molecule has 0 unspecified atom stereocenters. The largest absolute Gasteiger partial charge is 0.497 e. The van der Waals surface area contributed by atoms with Crippen LogP contribution in [0.5, 0.6) is 5.75 Å². The van der Waals surface area contributed by atoms with Crippen LogP contribution in [0, 0.1) is 0 Å². The van der Waals surface area contributed by atoms with Crippen LogP contribution in [-0.4, -0.2) is 32.6 Å². The van der Waals surface area contributed by atoms with Gasteiger partial charge in [0, 0.05) is 6.07 Å². The molecule has 3 aromatic rings. The first-order valence-electron chi connectivity index (χ1n) is 5.09. The number of aromatic amines is 1. The van der Waals surface area contributed by atoms with E-state index in [0.717, 1.165) is 11.0 Å². The minimum atomic E-state index is -1.07. The molecule has 0 fully saturated rings. The molecule has 0 aliphatic carbocycles. The highest BCUT2D eigenvalue weighted by Gasteiger charge is 2.19. The minimum absolute atomic E-state index is 0.0223. The normalized spacial score (nSPS) is 11.2. The Morgan fingerprint density at radius 2 is 2.33 bits per heavy atom. The van der Waals surface area contributed by atoms with E-state index in [0.29, 0.717) is 16.1 Å². The molecule has 0 aliphatic rings. The number of aromatic nitrogens is 3. The summed E-state index contributed by atoms with van der Waals surface area (Å²) in [4.78, 5) is 18.1. The predicted molar refractivity (Wildman–Crippen MR) is 68.3 cm³/mol. The first-order chi connectivity index (χ1) is 8.61. The first-order valence-corrected chi connectivity index (χ1v) is 5.88. The molecular weight excluding hydrogens is 302 g/mol. The summed E-state index contributed by atoms with van der Waals surface area (Å²) in [5.41, 5.74) is 1.64. The molecule has 1 aromatic carbocycles. The third-order valence-electron chi connectivity index (χ3n) is 2.72. The average Bonchev–Trinajstić information content (AvgIpc) is 2.85. The molecular formula is C11H8BrN3O3. The summed E-state index contributed by atoms with van der Waals surface area (Å²) in [5, 5.41) is 9.01. The summed E-state index contributed by atoms with van der Waals surface area (Å²) in [6.45, 7) is 0. The average molecular weight is 310 g/mol. The van der Waals surface area contributed by atoms with E-state index >= 15 is 0 Å². The number of imidazole rings is 2. The third-order valence-corrected chi connectivity index (χ3v) is 3.45. The topological polar surface area (TPSA) is 79.6 Å². The van der Waals surface area contributed by atoms with Crippen LogP contribution in [0.4, 0.5) is 0 Å². The molecule has 0 aliphatic heterocycles. The molecule has 0 atom stereocenters. The Hall–Kier alpha value is -2.02. The van der Waals surface area contributed by atoms with Gasteiger partial charge < -0.3 is 14.8 Å². The molecule has 0 radical (unpaired) electrons. The standard InChI is InChI=1S/C11H8BrN3O3/c1-18-5-2-3-6-7(4-5)15-9(12)8(10(16)17)14-11(15)13-6/h2-4H,1H3,(H,13,14)(H,16,17). The summed E-state index contributed by atoms with van der Waals surface area (Å²) in [6, 6.07) is 5.50. The molecule has 0 saturated carbocycles. The number of nitrogens with zero attached hydrogens (tertiary/aromatic N) is 2. The number of fused-ring (bicyclic) bond motifs is 3.